The van der Waals surface area contributed by atoms with Crippen molar-refractivity contribution in [1.29, 1.82) is 0 Å². The number of phenols is 2. The third-order valence-electron chi connectivity index (χ3n) is 4.24. The van der Waals surface area contributed by atoms with Gasteiger partial charge < -0.3 is 15.5 Å². The lowest BCUT2D eigenvalue weighted by molar-refractivity contribution is 0.268. The van der Waals surface area contributed by atoms with Crippen LogP contribution in [0.2, 0.25) is 0 Å². The molecule has 2 rings (SSSR count). The monoisotopic (exact) mass is 263 g/mol. The molecule has 1 fully saturated rings. The predicted octanol–water partition coefficient (Wildman–Crippen LogP) is 3.57. The first-order valence-corrected chi connectivity index (χ1v) is 7.31. The van der Waals surface area contributed by atoms with Crippen molar-refractivity contribution in [3.05, 3.63) is 23.8 Å². The minimum Gasteiger partial charge on any atom is -0.508 e. The zero-order valence-corrected chi connectivity index (χ0v) is 11.9. The lowest BCUT2D eigenvalue weighted by Crippen LogP contribution is -2.28. The van der Waals surface area contributed by atoms with Gasteiger partial charge >= 0.3 is 0 Å². The molecule has 1 aromatic carbocycles. The van der Waals surface area contributed by atoms with Gasteiger partial charge in [-0.05, 0) is 44.2 Å². The largest absolute Gasteiger partial charge is 0.508 e. The first-order chi connectivity index (χ1) is 9.06. The molecule has 1 aliphatic rings. The zero-order valence-electron chi connectivity index (χ0n) is 11.9. The Morgan fingerprint density at radius 3 is 2.79 bits per heavy atom. The van der Waals surface area contributed by atoms with E-state index in [2.05, 4.69) is 19.2 Å². The molecule has 3 N–H and O–H groups in total. The van der Waals surface area contributed by atoms with Crippen LogP contribution in [0.15, 0.2) is 18.2 Å². The van der Waals surface area contributed by atoms with Gasteiger partial charge in [-0.25, -0.2) is 0 Å². The van der Waals surface area contributed by atoms with E-state index in [1.807, 2.05) is 0 Å². The van der Waals surface area contributed by atoms with Gasteiger partial charge in [0.1, 0.15) is 11.5 Å². The summed E-state index contributed by atoms with van der Waals surface area (Å²) < 4.78 is 0. The predicted molar refractivity (Wildman–Crippen MR) is 77.3 cm³/mol. The molecule has 0 aliphatic heterocycles. The molecule has 0 bridgehead atoms. The number of rotatable bonds is 4. The molecule has 0 aromatic heterocycles. The van der Waals surface area contributed by atoms with Crippen LogP contribution in [0.5, 0.6) is 11.5 Å². The van der Waals surface area contributed by atoms with E-state index >= 15 is 0 Å². The standard InChI is InChI=1S/C16H25NO2/c1-11-4-3-5-13(8-11)10-17-12(2)15-7-6-14(18)9-16(15)19/h6-7,9,11-13,17-19H,3-5,8,10H2,1-2H3. The maximum atomic E-state index is 9.84. The molecule has 3 nitrogen and oxygen atoms in total. The van der Waals surface area contributed by atoms with E-state index in [0.29, 0.717) is 0 Å². The Hall–Kier alpha value is -1.22. The van der Waals surface area contributed by atoms with Crippen molar-refractivity contribution in [3.8, 4) is 11.5 Å². The molecule has 3 atom stereocenters. The fourth-order valence-corrected chi connectivity index (χ4v) is 3.10. The lowest BCUT2D eigenvalue weighted by atomic mass is 9.82. The summed E-state index contributed by atoms with van der Waals surface area (Å²) in [5.74, 6) is 1.87. The normalized spacial score (nSPS) is 25.2. The highest BCUT2D eigenvalue weighted by atomic mass is 16.3. The van der Waals surface area contributed by atoms with Gasteiger partial charge in [-0.15, -0.1) is 0 Å². The molecule has 0 heterocycles. The molecule has 1 aliphatic carbocycles. The maximum Gasteiger partial charge on any atom is 0.124 e. The van der Waals surface area contributed by atoms with Crippen molar-refractivity contribution < 1.29 is 10.2 Å². The van der Waals surface area contributed by atoms with Crippen molar-refractivity contribution in [3.63, 3.8) is 0 Å². The SMILES string of the molecule is CC1CCCC(CNC(C)c2ccc(O)cc2O)C1. The summed E-state index contributed by atoms with van der Waals surface area (Å²) in [5, 5.41) is 22.7. The fraction of sp³-hybridized carbons (Fsp3) is 0.625. The van der Waals surface area contributed by atoms with Crippen LogP contribution >= 0.6 is 0 Å². The first kappa shape index (κ1) is 14.2. The number of aromatic hydroxyl groups is 2. The number of hydrogen-bond donors (Lipinski definition) is 3. The van der Waals surface area contributed by atoms with E-state index in [4.69, 9.17) is 0 Å². The van der Waals surface area contributed by atoms with Gasteiger partial charge in [-0.1, -0.05) is 25.8 Å². The Balaban J connectivity index is 1.88. The van der Waals surface area contributed by atoms with Crippen LogP contribution in [-0.4, -0.2) is 16.8 Å². The van der Waals surface area contributed by atoms with Gasteiger partial charge in [-0.2, -0.15) is 0 Å². The second-order valence-electron chi connectivity index (χ2n) is 6.01. The molecule has 106 valence electrons. The molecule has 0 spiro atoms. The van der Waals surface area contributed by atoms with Crippen molar-refractivity contribution in [2.45, 2.75) is 45.6 Å². The average Bonchev–Trinajstić information content (AvgIpc) is 2.36. The molecule has 3 heteroatoms. The molecule has 1 saturated carbocycles. The zero-order chi connectivity index (χ0) is 13.8. The molecule has 0 amide bonds. The smallest absolute Gasteiger partial charge is 0.124 e. The number of benzene rings is 1. The molecule has 3 unspecified atom stereocenters. The van der Waals surface area contributed by atoms with Crippen LogP contribution in [-0.2, 0) is 0 Å². The highest BCUT2D eigenvalue weighted by Gasteiger charge is 2.19. The number of hydrogen-bond acceptors (Lipinski definition) is 3. The third-order valence-corrected chi connectivity index (χ3v) is 4.24. The Bertz CT molecular complexity index is 419. The molecular formula is C16H25NO2. The van der Waals surface area contributed by atoms with Gasteiger partial charge in [0.15, 0.2) is 0 Å². The van der Waals surface area contributed by atoms with E-state index in [1.54, 1.807) is 12.1 Å². The highest BCUT2D eigenvalue weighted by Crippen LogP contribution is 2.30. The topological polar surface area (TPSA) is 52.5 Å². The van der Waals surface area contributed by atoms with E-state index in [9.17, 15) is 10.2 Å². The summed E-state index contributed by atoms with van der Waals surface area (Å²) in [6, 6.07) is 4.91. The molecule has 0 saturated heterocycles. The Morgan fingerprint density at radius 2 is 2.11 bits per heavy atom. The highest BCUT2D eigenvalue weighted by molar-refractivity contribution is 5.40. The summed E-state index contributed by atoms with van der Waals surface area (Å²) in [7, 11) is 0. The first-order valence-electron chi connectivity index (χ1n) is 7.31. The maximum absolute atomic E-state index is 9.84. The molecule has 19 heavy (non-hydrogen) atoms. The summed E-state index contributed by atoms with van der Waals surface area (Å²) >= 11 is 0. The summed E-state index contributed by atoms with van der Waals surface area (Å²) in [5.41, 5.74) is 0.849. The average molecular weight is 263 g/mol. The Labute approximate surface area is 115 Å². The van der Waals surface area contributed by atoms with Crippen molar-refractivity contribution in [2.75, 3.05) is 6.54 Å². The van der Waals surface area contributed by atoms with Gasteiger partial charge in [0.05, 0.1) is 0 Å². The molecule has 1 aromatic rings. The van der Waals surface area contributed by atoms with Crippen LogP contribution in [0, 0.1) is 11.8 Å². The van der Waals surface area contributed by atoms with Gasteiger partial charge in [0.25, 0.3) is 0 Å². The lowest BCUT2D eigenvalue weighted by Gasteiger charge is -2.28. The van der Waals surface area contributed by atoms with Gasteiger partial charge in [0.2, 0.25) is 0 Å². The van der Waals surface area contributed by atoms with Crippen molar-refractivity contribution >= 4 is 0 Å². The summed E-state index contributed by atoms with van der Waals surface area (Å²) in [6.07, 6.45) is 5.32. The number of nitrogens with one attached hydrogen (secondary N) is 1. The van der Waals surface area contributed by atoms with E-state index in [0.717, 1.165) is 23.9 Å². The Morgan fingerprint density at radius 1 is 1.32 bits per heavy atom. The molecule has 0 radical (unpaired) electrons. The minimum absolute atomic E-state index is 0.106. The Kier molecular flexibility index (Phi) is 4.70. The summed E-state index contributed by atoms with van der Waals surface area (Å²) in [6.45, 7) is 5.39. The van der Waals surface area contributed by atoms with Gasteiger partial charge in [0, 0.05) is 17.7 Å². The van der Waals surface area contributed by atoms with Crippen LogP contribution in [0.3, 0.4) is 0 Å². The summed E-state index contributed by atoms with van der Waals surface area (Å²) in [4.78, 5) is 0. The van der Waals surface area contributed by atoms with Crippen LogP contribution in [0.4, 0.5) is 0 Å². The fourth-order valence-electron chi connectivity index (χ4n) is 3.10. The van der Waals surface area contributed by atoms with Crippen LogP contribution in [0.25, 0.3) is 0 Å². The third kappa shape index (κ3) is 3.87. The second kappa shape index (κ2) is 6.29. The van der Waals surface area contributed by atoms with E-state index in [-0.39, 0.29) is 17.5 Å². The van der Waals surface area contributed by atoms with Crippen molar-refractivity contribution in [2.24, 2.45) is 11.8 Å². The van der Waals surface area contributed by atoms with E-state index in [1.165, 1.54) is 31.7 Å². The quantitative estimate of drug-likeness (QED) is 0.778. The molecular weight excluding hydrogens is 238 g/mol. The van der Waals surface area contributed by atoms with E-state index < -0.39 is 0 Å². The van der Waals surface area contributed by atoms with Crippen LogP contribution < -0.4 is 5.32 Å². The second-order valence-corrected chi connectivity index (χ2v) is 6.01. The minimum atomic E-state index is 0.106. The van der Waals surface area contributed by atoms with Gasteiger partial charge in [-0.3, -0.25) is 0 Å². The van der Waals surface area contributed by atoms with Crippen LogP contribution in [0.1, 0.15) is 51.1 Å². The number of phenolic OH excluding ortho intramolecular Hbond substituents is 2. The van der Waals surface area contributed by atoms with Crippen molar-refractivity contribution in [1.82, 2.24) is 5.32 Å².